The third kappa shape index (κ3) is 3.02. The van der Waals surface area contributed by atoms with Crippen molar-refractivity contribution in [1.29, 1.82) is 0 Å². The number of nitrogen functional groups attached to an aromatic ring is 1. The van der Waals surface area contributed by atoms with E-state index in [1.165, 1.54) is 5.56 Å². The van der Waals surface area contributed by atoms with Crippen LogP contribution in [0.1, 0.15) is 5.56 Å². The van der Waals surface area contributed by atoms with Gasteiger partial charge >= 0.3 is 0 Å². The monoisotopic (exact) mass is 213 g/mol. The van der Waals surface area contributed by atoms with E-state index in [0.29, 0.717) is 6.61 Å². The molecule has 0 amide bonds. The fraction of sp³-hybridized carbons (Fsp3) is 0.143. The average Bonchev–Trinajstić information content (AvgIpc) is 2.30. The van der Waals surface area contributed by atoms with Crippen molar-refractivity contribution in [2.75, 3.05) is 12.3 Å². The molecule has 0 aliphatic carbocycles. The Morgan fingerprint density at radius 3 is 2.50 bits per heavy atom. The predicted octanol–water partition coefficient (Wildman–Crippen LogP) is 2.89. The second-order valence-corrected chi connectivity index (χ2v) is 3.66. The highest BCUT2D eigenvalue weighted by molar-refractivity contribution is 5.43. The molecule has 2 nitrogen and oxygen atoms in total. The van der Waals surface area contributed by atoms with Crippen LogP contribution in [0.3, 0.4) is 0 Å². The lowest BCUT2D eigenvalue weighted by atomic mass is 10.2. The van der Waals surface area contributed by atoms with E-state index in [1.807, 2.05) is 42.5 Å². The van der Waals surface area contributed by atoms with Crippen LogP contribution in [-0.4, -0.2) is 6.61 Å². The van der Waals surface area contributed by atoms with Gasteiger partial charge < -0.3 is 10.5 Å². The van der Waals surface area contributed by atoms with Gasteiger partial charge in [0.1, 0.15) is 5.75 Å². The van der Waals surface area contributed by atoms with Gasteiger partial charge in [-0.2, -0.15) is 0 Å². The lowest BCUT2D eigenvalue weighted by Crippen LogP contribution is -2.01. The van der Waals surface area contributed by atoms with Crippen LogP contribution in [0.4, 0.5) is 5.69 Å². The molecule has 0 saturated heterocycles. The zero-order valence-electron chi connectivity index (χ0n) is 9.10. The summed E-state index contributed by atoms with van der Waals surface area (Å²) >= 11 is 0. The van der Waals surface area contributed by atoms with Crippen LogP contribution in [-0.2, 0) is 6.42 Å². The van der Waals surface area contributed by atoms with Crippen LogP contribution in [0.5, 0.6) is 5.75 Å². The molecule has 0 aromatic heterocycles. The highest BCUT2D eigenvalue weighted by Crippen LogP contribution is 2.14. The van der Waals surface area contributed by atoms with Gasteiger partial charge in [-0.05, 0) is 17.7 Å². The molecule has 0 spiro atoms. The highest BCUT2D eigenvalue weighted by Gasteiger charge is 1.95. The molecule has 0 heterocycles. The zero-order valence-corrected chi connectivity index (χ0v) is 9.10. The van der Waals surface area contributed by atoms with Crippen molar-refractivity contribution in [1.82, 2.24) is 0 Å². The third-order valence-corrected chi connectivity index (χ3v) is 2.36. The van der Waals surface area contributed by atoms with E-state index >= 15 is 0 Å². The lowest BCUT2D eigenvalue weighted by Gasteiger charge is -2.06. The minimum Gasteiger partial charge on any atom is -0.493 e. The van der Waals surface area contributed by atoms with Crippen LogP contribution < -0.4 is 10.5 Å². The topological polar surface area (TPSA) is 35.2 Å². The maximum atomic E-state index is 5.66. The summed E-state index contributed by atoms with van der Waals surface area (Å²) in [6.07, 6.45) is 0.912. The SMILES string of the molecule is Nc1cccc(OCCc2ccccc2)c1. The first kappa shape index (κ1) is 10.6. The molecule has 2 rings (SSSR count). The molecular formula is C14H15NO. The van der Waals surface area contributed by atoms with Gasteiger partial charge in [-0.1, -0.05) is 36.4 Å². The van der Waals surface area contributed by atoms with Crippen molar-refractivity contribution in [3.05, 3.63) is 60.2 Å². The molecule has 0 atom stereocenters. The van der Waals surface area contributed by atoms with Crippen molar-refractivity contribution >= 4 is 5.69 Å². The summed E-state index contributed by atoms with van der Waals surface area (Å²) in [7, 11) is 0. The number of hydrogen-bond donors (Lipinski definition) is 1. The van der Waals surface area contributed by atoms with E-state index in [9.17, 15) is 0 Å². The Bertz CT molecular complexity index is 439. The molecule has 82 valence electrons. The molecule has 0 bridgehead atoms. The van der Waals surface area contributed by atoms with E-state index in [4.69, 9.17) is 10.5 Å². The Balaban J connectivity index is 1.85. The highest BCUT2D eigenvalue weighted by atomic mass is 16.5. The lowest BCUT2D eigenvalue weighted by molar-refractivity contribution is 0.322. The van der Waals surface area contributed by atoms with E-state index in [0.717, 1.165) is 17.9 Å². The Morgan fingerprint density at radius 2 is 1.75 bits per heavy atom. The quantitative estimate of drug-likeness (QED) is 0.792. The molecular weight excluding hydrogens is 198 g/mol. The van der Waals surface area contributed by atoms with Gasteiger partial charge in [-0.3, -0.25) is 0 Å². The largest absolute Gasteiger partial charge is 0.493 e. The molecule has 0 unspecified atom stereocenters. The van der Waals surface area contributed by atoms with E-state index in [2.05, 4.69) is 12.1 Å². The van der Waals surface area contributed by atoms with Crippen LogP contribution in [0, 0.1) is 0 Å². The van der Waals surface area contributed by atoms with Crippen LogP contribution in [0.25, 0.3) is 0 Å². The maximum Gasteiger partial charge on any atom is 0.121 e. The Hall–Kier alpha value is -1.96. The summed E-state index contributed by atoms with van der Waals surface area (Å²) in [5.74, 6) is 0.830. The van der Waals surface area contributed by atoms with Gasteiger partial charge in [0.25, 0.3) is 0 Å². The molecule has 0 fully saturated rings. The second kappa shape index (κ2) is 5.21. The van der Waals surface area contributed by atoms with Crippen LogP contribution >= 0.6 is 0 Å². The number of nitrogens with two attached hydrogens (primary N) is 1. The predicted molar refractivity (Wildman–Crippen MR) is 66.5 cm³/mol. The normalized spacial score (nSPS) is 10.0. The Morgan fingerprint density at radius 1 is 0.938 bits per heavy atom. The van der Waals surface area contributed by atoms with Gasteiger partial charge in [-0.15, -0.1) is 0 Å². The minimum absolute atomic E-state index is 0.674. The molecule has 16 heavy (non-hydrogen) atoms. The van der Waals surface area contributed by atoms with E-state index in [-0.39, 0.29) is 0 Å². The number of benzene rings is 2. The van der Waals surface area contributed by atoms with Gasteiger partial charge in [0.05, 0.1) is 6.61 Å². The van der Waals surface area contributed by atoms with Gasteiger partial charge in [0.15, 0.2) is 0 Å². The van der Waals surface area contributed by atoms with Crippen molar-refractivity contribution in [3.8, 4) is 5.75 Å². The number of anilines is 1. The van der Waals surface area contributed by atoms with Gasteiger partial charge in [0, 0.05) is 18.2 Å². The zero-order chi connectivity index (χ0) is 11.2. The molecule has 2 heteroatoms. The number of ether oxygens (including phenoxy) is 1. The summed E-state index contributed by atoms with van der Waals surface area (Å²) < 4.78 is 5.61. The fourth-order valence-corrected chi connectivity index (χ4v) is 1.54. The summed E-state index contributed by atoms with van der Waals surface area (Å²) in [5.41, 5.74) is 7.68. The van der Waals surface area contributed by atoms with Crippen LogP contribution in [0.15, 0.2) is 54.6 Å². The van der Waals surface area contributed by atoms with Crippen molar-refractivity contribution < 1.29 is 4.74 Å². The van der Waals surface area contributed by atoms with Gasteiger partial charge in [0.2, 0.25) is 0 Å². The summed E-state index contributed by atoms with van der Waals surface area (Å²) in [6, 6.07) is 17.8. The molecule has 2 aromatic carbocycles. The maximum absolute atomic E-state index is 5.66. The Labute approximate surface area is 95.7 Å². The first-order valence-corrected chi connectivity index (χ1v) is 5.37. The van der Waals surface area contributed by atoms with Gasteiger partial charge in [-0.25, -0.2) is 0 Å². The van der Waals surface area contributed by atoms with E-state index < -0.39 is 0 Å². The average molecular weight is 213 g/mol. The Kier molecular flexibility index (Phi) is 3.44. The minimum atomic E-state index is 0.674. The smallest absolute Gasteiger partial charge is 0.121 e. The van der Waals surface area contributed by atoms with Crippen LogP contribution in [0.2, 0.25) is 0 Å². The van der Waals surface area contributed by atoms with E-state index in [1.54, 1.807) is 0 Å². The third-order valence-electron chi connectivity index (χ3n) is 2.36. The molecule has 2 aromatic rings. The number of rotatable bonds is 4. The summed E-state index contributed by atoms with van der Waals surface area (Å²) in [5, 5.41) is 0. The first-order chi connectivity index (χ1) is 7.84. The standard InChI is InChI=1S/C14H15NO/c15-13-7-4-8-14(11-13)16-10-9-12-5-2-1-3-6-12/h1-8,11H,9-10,15H2. The molecule has 0 aliphatic rings. The number of hydrogen-bond acceptors (Lipinski definition) is 2. The molecule has 0 saturated carbocycles. The molecule has 0 aliphatic heterocycles. The second-order valence-electron chi connectivity index (χ2n) is 3.66. The van der Waals surface area contributed by atoms with Crippen molar-refractivity contribution in [2.45, 2.75) is 6.42 Å². The fourth-order valence-electron chi connectivity index (χ4n) is 1.54. The van der Waals surface area contributed by atoms with Crippen molar-refractivity contribution in [2.24, 2.45) is 0 Å². The summed E-state index contributed by atoms with van der Waals surface area (Å²) in [6.45, 7) is 0.674. The van der Waals surface area contributed by atoms with Crippen molar-refractivity contribution in [3.63, 3.8) is 0 Å². The summed E-state index contributed by atoms with van der Waals surface area (Å²) in [4.78, 5) is 0. The first-order valence-electron chi connectivity index (χ1n) is 5.37. The molecule has 2 N–H and O–H groups in total. The molecule has 0 radical (unpaired) electrons.